The second kappa shape index (κ2) is 9.41. The molecule has 26 heavy (non-hydrogen) atoms. The predicted octanol–water partition coefficient (Wildman–Crippen LogP) is 3.55. The number of rotatable bonds is 7. The fourth-order valence-corrected chi connectivity index (χ4v) is 3.26. The van der Waals surface area contributed by atoms with Crippen LogP contribution in [0.2, 0.25) is 5.02 Å². The molecule has 0 radical (unpaired) electrons. The van der Waals surface area contributed by atoms with E-state index in [1.165, 1.54) is 0 Å². The first kappa shape index (κ1) is 20.8. The van der Waals surface area contributed by atoms with Crippen LogP contribution in [0.5, 0.6) is 0 Å². The molecule has 2 N–H and O–H groups in total. The molecule has 1 aliphatic rings. The Hall–Kier alpha value is -1.54. The number of amides is 1. The van der Waals surface area contributed by atoms with Crippen LogP contribution in [-0.2, 0) is 11.0 Å². The molecule has 1 aromatic rings. The number of alkyl halides is 3. The first-order chi connectivity index (χ1) is 12.3. The third-order valence-electron chi connectivity index (χ3n) is 4.33. The van der Waals surface area contributed by atoms with Gasteiger partial charge in [-0.3, -0.25) is 4.79 Å². The average molecular weight is 393 g/mol. The standard InChI is InChI=1S/C17H24ClF3N4O/c1-2-9-25(13-3-6-22-7-4-13)15(26)5-8-23-16-14(18)10-12(11-24-16)17(19,20)21/h10-11,13,22H,2-9H2,1H3,(H,23,24). The summed E-state index contributed by atoms with van der Waals surface area (Å²) in [7, 11) is 0. The first-order valence-corrected chi connectivity index (χ1v) is 9.17. The Morgan fingerprint density at radius 3 is 2.69 bits per heavy atom. The first-order valence-electron chi connectivity index (χ1n) is 8.79. The number of piperidine rings is 1. The average Bonchev–Trinajstić information content (AvgIpc) is 2.60. The minimum absolute atomic E-state index is 0.0364. The van der Waals surface area contributed by atoms with E-state index in [1.807, 2.05) is 11.8 Å². The third-order valence-corrected chi connectivity index (χ3v) is 4.62. The summed E-state index contributed by atoms with van der Waals surface area (Å²) in [6.45, 7) is 4.82. The van der Waals surface area contributed by atoms with Gasteiger partial charge in [0.2, 0.25) is 5.91 Å². The fraction of sp³-hybridized carbons (Fsp3) is 0.647. The largest absolute Gasteiger partial charge is 0.417 e. The number of anilines is 1. The number of halogens is 4. The number of carbonyl (C=O) groups excluding carboxylic acids is 1. The number of hydrogen-bond donors (Lipinski definition) is 2. The van der Waals surface area contributed by atoms with Gasteiger partial charge < -0.3 is 15.5 Å². The van der Waals surface area contributed by atoms with E-state index >= 15 is 0 Å². The molecule has 0 aromatic carbocycles. The molecule has 2 rings (SSSR count). The van der Waals surface area contributed by atoms with Crippen LogP contribution in [0, 0.1) is 0 Å². The van der Waals surface area contributed by atoms with Crippen LogP contribution in [0.15, 0.2) is 12.3 Å². The van der Waals surface area contributed by atoms with Crippen LogP contribution in [0.25, 0.3) is 0 Å². The topological polar surface area (TPSA) is 57.3 Å². The number of nitrogens with zero attached hydrogens (tertiary/aromatic N) is 2. The van der Waals surface area contributed by atoms with Crippen molar-refractivity contribution in [1.82, 2.24) is 15.2 Å². The summed E-state index contributed by atoms with van der Waals surface area (Å²) < 4.78 is 37.9. The molecular formula is C17H24ClF3N4O. The Morgan fingerprint density at radius 2 is 2.12 bits per heavy atom. The van der Waals surface area contributed by atoms with Crippen LogP contribution in [-0.4, -0.2) is 48.0 Å². The van der Waals surface area contributed by atoms with Crippen LogP contribution in [0.4, 0.5) is 19.0 Å². The van der Waals surface area contributed by atoms with E-state index in [0.29, 0.717) is 6.54 Å². The lowest BCUT2D eigenvalue weighted by Gasteiger charge is -2.34. The molecule has 5 nitrogen and oxygen atoms in total. The quantitative estimate of drug-likeness (QED) is 0.745. The van der Waals surface area contributed by atoms with Gasteiger partial charge in [0.1, 0.15) is 5.82 Å². The van der Waals surface area contributed by atoms with Crippen molar-refractivity contribution in [1.29, 1.82) is 0 Å². The maximum atomic E-state index is 12.6. The monoisotopic (exact) mass is 392 g/mol. The lowest BCUT2D eigenvalue weighted by molar-refractivity contribution is -0.137. The van der Waals surface area contributed by atoms with E-state index < -0.39 is 11.7 Å². The maximum Gasteiger partial charge on any atom is 0.417 e. The van der Waals surface area contributed by atoms with Crippen molar-refractivity contribution in [2.75, 3.05) is 31.5 Å². The Labute approximate surface area is 156 Å². The lowest BCUT2D eigenvalue weighted by atomic mass is 10.0. The number of pyridine rings is 1. The fourth-order valence-electron chi connectivity index (χ4n) is 3.02. The maximum absolute atomic E-state index is 12.6. The SMILES string of the molecule is CCCN(C(=O)CCNc1ncc(C(F)(F)F)cc1Cl)C1CCNCC1. The van der Waals surface area contributed by atoms with Crippen LogP contribution in [0.3, 0.4) is 0 Å². The summed E-state index contributed by atoms with van der Waals surface area (Å²) in [5, 5.41) is 6.02. The van der Waals surface area contributed by atoms with Crippen molar-refractivity contribution >= 4 is 23.3 Å². The minimum atomic E-state index is -4.49. The lowest BCUT2D eigenvalue weighted by Crippen LogP contribution is -2.46. The summed E-state index contributed by atoms with van der Waals surface area (Å²) in [4.78, 5) is 18.2. The van der Waals surface area contributed by atoms with Crippen molar-refractivity contribution in [3.8, 4) is 0 Å². The second-order valence-electron chi connectivity index (χ2n) is 6.30. The van der Waals surface area contributed by atoms with Gasteiger partial charge in [0.05, 0.1) is 10.6 Å². The molecule has 1 aromatic heterocycles. The Kier molecular flexibility index (Phi) is 7.52. The van der Waals surface area contributed by atoms with Gasteiger partial charge in [-0.15, -0.1) is 0 Å². The Bertz CT molecular complexity index is 606. The zero-order valence-corrected chi connectivity index (χ0v) is 15.5. The van der Waals surface area contributed by atoms with E-state index in [-0.39, 0.29) is 35.8 Å². The molecule has 9 heteroatoms. The summed E-state index contributed by atoms with van der Waals surface area (Å²) in [6, 6.07) is 1.08. The van der Waals surface area contributed by atoms with E-state index in [0.717, 1.165) is 44.6 Å². The predicted molar refractivity (Wildman–Crippen MR) is 95.3 cm³/mol. The minimum Gasteiger partial charge on any atom is -0.368 e. The van der Waals surface area contributed by atoms with Gasteiger partial charge >= 0.3 is 6.18 Å². The summed E-state index contributed by atoms with van der Waals surface area (Å²) in [6.07, 6.45) is -0.760. The van der Waals surface area contributed by atoms with Gasteiger partial charge in [-0.05, 0) is 38.4 Å². The third kappa shape index (κ3) is 5.74. The normalized spacial score (nSPS) is 15.7. The molecule has 0 unspecified atom stereocenters. The van der Waals surface area contributed by atoms with E-state index in [1.54, 1.807) is 0 Å². The highest BCUT2D eigenvalue weighted by atomic mass is 35.5. The zero-order valence-electron chi connectivity index (χ0n) is 14.7. The van der Waals surface area contributed by atoms with Crippen LogP contribution < -0.4 is 10.6 Å². The van der Waals surface area contributed by atoms with Gasteiger partial charge in [-0.2, -0.15) is 13.2 Å². The molecule has 0 spiro atoms. The van der Waals surface area contributed by atoms with Gasteiger partial charge in [0.15, 0.2) is 0 Å². The van der Waals surface area contributed by atoms with Crippen molar-refractivity contribution in [2.24, 2.45) is 0 Å². The van der Waals surface area contributed by atoms with E-state index in [9.17, 15) is 18.0 Å². The summed E-state index contributed by atoms with van der Waals surface area (Å²) in [5.74, 6) is 0.186. The van der Waals surface area contributed by atoms with Crippen LogP contribution in [0.1, 0.15) is 38.2 Å². The molecule has 2 heterocycles. The molecule has 1 fully saturated rings. The van der Waals surface area contributed by atoms with Crippen molar-refractivity contribution in [2.45, 2.75) is 44.8 Å². The molecule has 0 atom stereocenters. The zero-order chi connectivity index (χ0) is 19.2. The molecule has 0 saturated carbocycles. The second-order valence-corrected chi connectivity index (χ2v) is 6.70. The van der Waals surface area contributed by atoms with Gasteiger partial charge in [0.25, 0.3) is 0 Å². The molecule has 146 valence electrons. The number of aromatic nitrogens is 1. The van der Waals surface area contributed by atoms with Crippen molar-refractivity contribution in [3.05, 3.63) is 22.8 Å². The van der Waals surface area contributed by atoms with Crippen molar-refractivity contribution < 1.29 is 18.0 Å². The molecule has 1 amide bonds. The van der Waals surface area contributed by atoms with Gasteiger partial charge in [-0.1, -0.05) is 18.5 Å². The summed E-state index contributed by atoms with van der Waals surface area (Å²) >= 11 is 5.86. The number of nitrogens with one attached hydrogen (secondary N) is 2. The highest BCUT2D eigenvalue weighted by molar-refractivity contribution is 6.32. The molecule has 0 bridgehead atoms. The Morgan fingerprint density at radius 1 is 1.42 bits per heavy atom. The van der Waals surface area contributed by atoms with Gasteiger partial charge in [-0.25, -0.2) is 4.98 Å². The highest BCUT2D eigenvalue weighted by Gasteiger charge is 2.31. The number of hydrogen-bond acceptors (Lipinski definition) is 4. The molecule has 0 aliphatic carbocycles. The van der Waals surface area contributed by atoms with Crippen LogP contribution >= 0.6 is 11.6 Å². The molecule has 1 aliphatic heterocycles. The molecular weight excluding hydrogens is 369 g/mol. The van der Waals surface area contributed by atoms with Gasteiger partial charge in [0, 0.05) is 31.7 Å². The summed E-state index contributed by atoms with van der Waals surface area (Å²) in [5.41, 5.74) is -0.899. The molecule has 1 saturated heterocycles. The van der Waals surface area contributed by atoms with E-state index in [4.69, 9.17) is 11.6 Å². The number of carbonyl (C=O) groups is 1. The van der Waals surface area contributed by atoms with E-state index in [2.05, 4.69) is 15.6 Å². The highest BCUT2D eigenvalue weighted by Crippen LogP contribution is 2.32. The van der Waals surface area contributed by atoms with Crippen molar-refractivity contribution in [3.63, 3.8) is 0 Å². The Balaban J connectivity index is 1.90. The smallest absolute Gasteiger partial charge is 0.368 e.